The minimum Gasteiger partial charge on any atom is -0.287 e. The fourth-order valence-electron chi connectivity index (χ4n) is 8.00. The quantitative estimate of drug-likeness (QED) is 0.403. The van der Waals surface area contributed by atoms with Gasteiger partial charge in [-0.2, -0.15) is 12.6 Å². The molecule has 0 aliphatic heterocycles. The summed E-state index contributed by atoms with van der Waals surface area (Å²) >= 11 is 4.59. The summed E-state index contributed by atoms with van der Waals surface area (Å²) in [5.41, 5.74) is 1.08. The summed E-state index contributed by atoms with van der Waals surface area (Å²) in [5.74, 6) is 4.04. The van der Waals surface area contributed by atoms with Crippen LogP contribution in [0.25, 0.3) is 0 Å². The highest BCUT2D eigenvalue weighted by Gasteiger charge is 2.61. The van der Waals surface area contributed by atoms with Gasteiger partial charge in [0.25, 0.3) is 0 Å². The van der Waals surface area contributed by atoms with Gasteiger partial charge in [0.15, 0.2) is 0 Å². The van der Waals surface area contributed by atoms with Crippen LogP contribution in [0.15, 0.2) is 11.3 Å². The number of Topliss-reactive ketones (excluding diaryl/α,β-unsaturated/α-hetero) is 1. The van der Waals surface area contributed by atoms with E-state index in [1.807, 2.05) is 0 Å². The van der Waals surface area contributed by atoms with Crippen LogP contribution in [0.5, 0.6) is 0 Å². The first-order valence-corrected chi connectivity index (χ1v) is 11.4. The summed E-state index contributed by atoms with van der Waals surface area (Å²) in [7, 11) is 0. The summed E-state index contributed by atoms with van der Waals surface area (Å²) in [6.07, 6.45) is 7.93. The Kier molecular flexibility index (Phi) is 4.76. The summed E-state index contributed by atoms with van der Waals surface area (Å²) in [6.45, 7) is 7.11. The van der Waals surface area contributed by atoms with E-state index in [1.54, 1.807) is 0 Å². The smallest absolute Gasteiger partial charge is 0.287 e. The topological polar surface area (TPSA) is 60.2 Å². The Bertz CT molecular complexity index is 704. The van der Waals surface area contributed by atoms with Crippen molar-refractivity contribution in [2.45, 2.75) is 72.1 Å². The molecule has 150 valence electrons. The molecule has 0 spiro atoms. The van der Waals surface area contributed by atoms with Crippen molar-refractivity contribution in [1.82, 2.24) is 0 Å². The van der Waals surface area contributed by atoms with E-state index < -0.39 is 0 Å². The van der Waals surface area contributed by atoms with Gasteiger partial charge in [0.2, 0.25) is 5.78 Å². The molecule has 0 N–H and O–H groups in total. The molecule has 4 aliphatic rings. The molecule has 3 saturated carbocycles. The van der Waals surface area contributed by atoms with Gasteiger partial charge in [0, 0.05) is 12.0 Å². The van der Waals surface area contributed by atoms with Crippen molar-refractivity contribution in [3.63, 3.8) is 0 Å². The Morgan fingerprint density at radius 2 is 1.89 bits per heavy atom. The summed E-state index contributed by atoms with van der Waals surface area (Å²) in [6, 6.07) is 0. The largest absolute Gasteiger partial charge is 0.311 e. The van der Waals surface area contributed by atoms with Gasteiger partial charge < -0.3 is 0 Å². The first-order chi connectivity index (χ1) is 12.7. The van der Waals surface area contributed by atoms with Crippen molar-refractivity contribution >= 4 is 18.4 Å². The number of hydrogen-bond donors (Lipinski definition) is 1. The number of ketones is 1. The second-order valence-electron chi connectivity index (χ2n) is 10.2. The Labute approximate surface area is 168 Å². The highest BCUT2D eigenvalue weighted by molar-refractivity contribution is 7.80. The van der Waals surface area contributed by atoms with Gasteiger partial charge in [-0.15, -0.1) is 0 Å². The fraction of sp³-hybridized carbons (Fsp3) is 0.864. The Hall–Kier alpha value is -0.840. The molecule has 3 fully saturated rings. The van der Waals surface area contributed by atoms with E-state index in [9.17, 15) is 14.9 Å². The third kappa shape index (κ3) is 2.67. The zero-order valence-electron chi connectivity index (χ0n) is 16.9. The average Bonchev–Trinajstić information content (AvgIpc) is 2.98. The van der Waals surface area contributed by atoms with Crippen LogP contribution < -0.4 is 0 Å². The second-order valence-corrected chi connectivity index (χ2v) is 10.6. The van der Waals surface area contributed by atoms with Crippen molar-refractivity contribution in [2.75, 3.05) is 5.75 Å². The van der Waals surface area contributed by atoms with Crippen LogP contribution in [0.2, 0.25) is 0 Å². The van der Waals surface area contributed by atoms with Gasteiger partial charge >= 0.3 is 5.70 Å². The molecule has 0 unspecified atom stereocenters. The minimum absolute atomic E-state index is 0.0523. The number of nitrogens with zero attached hydrogens (tertiary/aromatic N) is 1. The Morgan fingerprint density at radius 1 is 1.15 bits per heavy atom. The molecular formula is C22H33NO3S. The predicted octanol–water partition coefficient (Wildman–Crippen LogP) is 5.30. The molecule has 5 heteroatoms. The van der Waals surface area contributed by atoms with E-state index in [2.05, 4.69) is 33.4 Å². The van der Waals surface area contributed by atoms with Gasteiger partial charge in [-0.05, 0) is 91.1 Å². The molecule has 0 saturated heterocycles. The second kappa shape index (κ2) is 6.60. The molecule has 27 heavy (non-hydrogen) atoms. The van der Waals surface area contributed by atoms with Gasteiger partial charge in [-0.25, -0.2) is 0 Å². The maximum atomic E-state index is 12.3. The minimum atomic E-state index is -0.387. The normalized spacial score (nSPS) is 45.1. The summed E-state index contributed by atoms with van der Waals surface area (Å²) < 4.78 is 0. The number of rotatable bonds is 3. The van der Waals surface area contributed by atoms with Gasteiger partial charge in [-0.1, -0.05) is 20.8 Å². The van der Waals surface area contributed by atoms with Gasteiger partial charge in [0.1, 0.15) is 0 Å². The molecule has 0 amide bonds. The SMILES string of the molecule is C[C@H](CS)[C@H]1CC[C@H]2[C@@H]3CCC4=C([N+](=O)[O-])C(=O)CC[C@]4(C)[C@H]3CC[C@]12C. The van der Waals surface area contributed by atoms with E-state index in [0.717, 1.165) is 48.8 Å². The number of allylic oxidation sites excluding steroid dienone is 1. The molecule has 0 aromatic heterocycles. The van der Waals surface area contributed by atoms with Gasteiger partial charge in [0.05, 0.1) is 4.92 Å². The van der Waals surface area contributed by atoms with Crippen molar-refractivity contribution in [3.05, 3.63) is 21.4 Å². The number of hydrogen-bond acceptors (Lipinski definition) is 4. The monoisotopic (exact) mass is 391 g/mol. The maximum absolute atomic E-state index is 12.3. The van der Waals surface area contributed by atoms with Crippen LogP contribution in [0, 0.1) is 50.5 Å². The third-order valence-corrected chi connectivity index (χ3v) is 9.90. The zero-order valence-corrected chi connectivity index (χ0v) is 17.8. The van der Waals surface area contributed by atoms with Crippen molar-refractivity contribution in [2.24, 2.45) is 40.4 Å². The molecule has 7 atom stereocenters. The molecule has 4 rings (SSSR count). The molecule has 0 aromatic carbocycles. The summed E-state index contributed by atoms with van der Waals surface area (Å²) in [4.78, 5) is 23.5. The molecule has 0 heterocycles. The lowest BCUT2D eigenvalue weighted by Crippen LogP contribution is -2.51. The van der Waals surface area contributed by atoms with Crippen LogP contribution >= 0.6 is 12.6 Å². The first-order valence-electron chi connectivity index (χ1n) is 10.8. The van der Waals surface area contributed by atoms with E-state index in [4.69, 9.17) is 0 Å². The molecule has 0 radical (unpaired) electrons. The highest BCUT2D eigenvalue weighted by Crippen LogP contribution is 2.67. The zero-order chi connectivity index (χ0) is 19.6. The number of thiol groups is 1. The van der Waals surface area contributed by atoms with Crippen molar-refractivity contribution < 1.29 is 9.72 Å². The van der Waals surface area contributed by atoms with Crippen LogP contribution in [0.4, 0.5) is 0 Å². The van der Waals surface area contributed by atoms with E-state index >= 15 is 0 Å². The molecule has 4 nitrogen and oxygen atoms in total. The van der Waals surface area contributed by atoms with Crippen LogP contribution in [0.3, 0.4) is 0 Å². The van der Waals surface area contributed by atoms with E-state index in [0.29, 0.717) is 29.6 Å². The van der Waals surface area contributed by atoms with E-state index in [1.165, 1.54) is 19.3 Å². The summed E-state index contributed by atoms with van der Waals surface area (Å²) in [5, 5.41) is 11.6. The van der Waals surface area contributed by atoms with Crippen LogP contribution in [0.1, 0.15) is 72.1 Å². The van der Waals surface area contributed by atoms with Crippen LogP contribution in [-0.2, 0) is 4.79 Å². The molecule has 0 bridgehead atoms. The van der Waals surface area contributed by atoms with Crippen LogP contribution in [-0.4, -0.2) is 16.5 Å². The standard InChI is InChI=1S/C22H33NO3S/c1-13(12-27)15-6-7-16-14-4-5-18-20(23(25)26)19(24)9-11-22(18,3)17(14)8-10-21(15,16)2/h13-17,27H,4-12H2,1-3H3/t13-,14+,15-,16+,17+,21-,22-/m1/s1. The lowest BCUT2D eigenvalue weighted by atomic mass is 9.46. The average molecular weight is 392 g/mol. The number of fused-ring (bicyclic) bond motifs is 5. The first kappa shape index (κ1) is 19.5. The lowest BCUT2D eigenvalue weighted by molar-refractivity contribution is -0.422. The molecular weight excluding hydrogens is 358 g/mol. The number of carbonyl (C=O) groups excluding carboxylic acids is 1. The lowest BCUT2D eigenvalue weighted by Gasteiger charge is -2.58. The van der Waals surface area contributed by atoms with E-state index in [-0.39, 0.29) is 21.8 Å². The van der Waals surface area contributed by atoms with Crippen molar-refractivity contribution in [1.29, 1.82) is 0 Å². The number of carbonyl (C=O) groups is 1. The predicted molar refractivity (Wildman–Crippen MR) is 109 cm³/mol. The number of nitro groups is 1. The highest BCUT2D eigenvalue weighted by atomic mass is 32.1. The third-order valence-electron chi connectivity index (χ3n) is 9.32. The fourth-order valence-corrected chi connectivity index (χ4v) is 8.26. The molecule has 0 aromatic rings. The molecule has 4 aliphatic carbocycles. The Morgan fingerprint density at radius 3 is 2.56 bits per heavy atom. The maximum Gasteiger partial charge on any atom is 0.311 e. The van der Waals surface area contributed by atoms with Crippen molar-refractivity contribution in [3.8, 4) is 0 Å². The van der Waals surface area contributed by atoms with Gasteiger partial charge in [-0.3, -0.25) is 14.9 Å². The Balaban J connectivity index is 1.69.